The van der Waals surface area contributed by atoms with Gasteiger partial charge in [-0.3, -0.25) is 4.68 Å². The van der Waals surface area contributed by atoms with E-state index in [4.69, 9.17) is 4.74 Å². The minimum atomic E-state index is -0.447. The number of nitrogens with one attached hydrogen (secondary N) is 1. The minimum Gasteiger partial charge on any atom is -0.444 e. The van der Waals surface area contributed by atoms with Crippen molar-refractivity contribution in [2.75, 3.05) is 18.4 Å². The van der Waals surface area contributed by atoms with E-state index >= 15 is 0 Å². The van der Waals surface area contributed by atoms with E-state index in [0.717, 1.165) is 48.7 Å². The van der Waals surface area contributed by atoms with E-state index in [1.807, 2.05) is 62.7 Å². The van der Waals surface area contributed by atoms with Gasteiger partial charge in [0.1, 0.15) is 17.1 Å². The van der Waals surface area contributed by atoms with Crippen molar-refractivity contribution in [2.24, 2.45) is 18.9 Å². The molecule has 4 rings (SSSR count). The molecule has 0 radical (unpaired) electrons. The van der Waals surface area contributed by atoms with Gasteiger partial charge in [-0.25, -0.2) is 4.79 Å². The quantitative estimate of drug-likeness (QED) is 0.854. The first-order valence-electron chi connectivity index (χ1n) is 10.3. The second kappa shape index (κ2) is 7.31. The lowest BCUT2D eigenvalue weighted by Crippen LogP contribution is -2.36. The summed E-state index contributed by atoms with van der Waals surface area (Å²) in [6, 6.07) is 4.33. The van der Waals surface area contributed by atoms with Gasteiger partial charge in [0.25, 0.3) is 0 Å². The Balaban J connectivity index is 1.32. The van der Waals surface area contributed by atoms with Crippen LogP contribution in [-0.4, -0.2) is 55.7 Å². The zero-order valence-corrected chi connectivity index (χ0v) is 17.8. The van der Waals surface area contributed by atoms with E-state index in [2.05, 4.69) is 20.6 Å². The maximum atomic E-state index is 12.3. The van der Waals surface area contributed by atoms with Gasteiger partial charge in [-0.1, -0.05) is 0 Å². The van der Waals surface area contributed by atoms with Crippen molar-refractivity contribution in [3.63, 3.8) is 0 Å². The molecule has 8 nitrogen and oxygen atoms in total. The number of rotatable bonds is 3. The van der Waals surface area contributed by atoms with Gasteiger partial charge in [-0.15, -0.1) is 10.2 Å². The molecule has 8 heteroatoms. The van der Waals surface area contributed by atoms with Crippen LogP contribution in [0.2, 0.25) is 0 Å². The topological polar surface area (TPSA) is 85.2 Å². The van der Waals surface area contributed by atoms with Gasteiger partial charge in [-0.05, 0) is 70.1 Å². The second-order valence-corrected chi connectivity index (χ2v) is 9.32. The number of aromatic nitrogens is 4. The highest BCUT2D eigenvalue weighted by molar-refractivity contribution is 5.68. The Labute approximate surface area is 171 Å². The number of aryl methyl sites for hydroxylation is 2. The fourth-order valence-corrected chi connectivity index (χ4v) is 4.55. The first-order chi connectivity index (χ1) is 13.7. The van der Waals surface area contributed by atoms with Crippen molar-refractivity contribution < 1.29 is 9.53 Å². The number of amides is 1. The van der Waals surface area contributed by atoms with E-state index in [1.54, 1.807) is 0 Å². The fourth-order valence-electron chi connectivity index (χ4n) is 4.55. The molecular formula is C21H30N6O2. The van der Waals surface area contributed by atoms with Crippen LogP contribution in [0.25, 0.3) is 11.4 Å². The monoisotopic (exact) mass is 398 g/mol. The molecule has 1 aliphatic carbocycles. The molecule has 0 bridgehead atoms. The number of nitrogens with zero attached hydrogens (tertiary/aromatic N) is 5. The van der Waals surface area contributed by atoms with Crippen LogP contribution >= 0.6 is 0 Å². The van der Waals surface area contributed by atoms with Crippen LogP contribution in [0.15, 0.2) is 18.3 Å². The molecule has 1 N–H and O–H groups in total. The molecular weight excluding hydrogens is 368 g/mol. The summed E-state index contributed by atoms with van der Waals surface area (Å²) in [7, 11) is 1.91. The van der Waals surface area contributed by atoms with Crippen LogP contribution in [0, 0.1) is 18.8 Å². The standard InChI is InChI=1S/C21H30N6O2/c1-13-10-22-26(5)19(13)17-6-7-18(25-24-17)23-16-8-14-11-27(12-15(14)9-16)20(28)29-21(2,3)4/h6-7,10,14-16H,8-9,11-12H2,1-5H3,(H,23,25)/t14-,15+,16+. The van der Waals surface area contributed by atoms with Crippen molar-refractivity contribution >= 4 is 11.9 Å². The first kappa shape index (κ1) is 19.7. The molecule has 1 amide bonds. The van der Waals surface area contributed by atoms with E-state index in [1.165, 1.54) is 0 Å². The number of hydrogen-bond donors (Lipinski definition) is 1. The van der Waals surface area contributed by atoms with Gasteiger partial charge >= 0.3 is 6.09 Å². The molecule has 0 unspecified atom stereocenters. The SMILES string of the molecule is Cc1cnn(C)c1-c1ccc(N[C@H]2C[C@@H]3CN(C(=O)OC(C)(C)C)C[C@@H]3C2)nn1. The zero-order chi connectivity index (χ0) is 20.8. The molecule has 0 aromatic carbocycles. The van der Waals surface area contributed by atoms with Crippen LogP contribution in [-0.2, 0) is 11.8 Å². The lowest BCUT2D eigenvalue weighted by Gasteiger charge is -2.25. The number of ether oxygens (including phenoxy) is 1. The third-order valence-electron chi connectivity index (χ3n) is 5.78. The van der Waals surface area contributed by atoms with E-state index in [9.17, 15) is 4.79 Å². The number of hydrogen-bond acceptors (Lipinski definition) is 6. The summed E-state index contributed by atoms with van der Waals surface area (Å²) in [5.74, 6) is 1.83. The lowest BCUT2D eigenvalue weighted by atomic mass is 10.0. The zero-order valence-electron chi connectivity index (χ0n) is 17.8. The highest BCUT2D eigenvalue weighted by Gasteiger charge is 2.43. The molecule has 156 valence electrons. The highest BCUT2D eigenvalue weighted by atomic mass is 16.6. The van der Waals surface area contributed by atoms with Gasteiger partial charge in [-0.2, -0.15) is 5.10 Å². The molecule has 3 atom stereocenters. The van der Waals surface area contributed by atoms with Crippen molar-refractivity contribution in [2.45, 2.75) is 52.2 Å². The summed E-state index contributed by atoms with van der Waals surface area (Å²) in [6.45, 7) is 9.30. The number of fused-ring (bicyclic) bond motifs is 1. The average molecular weight is 399 g/mol. The largest absolute Gasteiger partial charge is 0.444 e. The summed E-state index contributed by atoms with van der Waals surface area (Å²) in [5, 5.41) is 16.5. The summed E-state index contributed by atoms with van der Waals surface area (Å²) in [4.78, 5) is 14.2. The van der Waals surface area contributed by atoms with Crippen LogP contribution < -0.4 is 5.32 Å². The molecule has 2 aromatic heterocycles. The van der Waals surface area contributed by atoms with Crippen LogP contribution in [0.1, 0.15) is 39.2 Å². The first-order valence-corrected chi connectivity index (χ1v) is 10.3. The molecule has 29 heavy (non-hydrogen) atoms. The molecule has 2 aromatic rings. The summed E-state index contributed by atoms with van der Waals surface area (Å²) in [5.41, 5.74) is 2.45. The van der Waals surface area contributed by atoms with Gasteiger partial charge in [0.2, 0.25) is 0 Å². The van der Waals surface area contributed by atoms with Crippen molar-refractivity contribution in [3.8, 4) is 11.4 Å². The number of carbonyl (C=O) groups is 1. The van der Waals surface area contributed by atoms with E-state index in [0.29, 0.717) is 17.9 Å². The average Bonchev–Trinajstić information content (AvgIpc) is 3.28. The fraction of sp³-hybridized carbons (Fsp3) is 0.619. The smallest absolute Gasteiger partial charge is 0.410 e. The maximum Gasteiger partial charge on any atom is 0.410 e. The molecule has 0 spiro atoms. The van der Waals surface area contributed by atoms with Crippen molar-refractivity contribution in [3.05, 3.63) is 23.9 Å². The third kappa shape index (κ3) is 4.21. The van der Waals surface area contributed by atoms with Gasteiger partial charge in [0, 0.05) is 26.2 Å². The van der Waals surface area contributed by atoms with Crippen LogP contribution in [0.3, 0.4) is 0 Å². The normalized spacial score (nSPS) is 23.9. The Hall–Kier alpha value is -2.64. The second-order valence-electron chi connectivity index (χ2n) is 9.32. The predicted octanol–water partition coefficient (Wildman–Crippen LogP) is 3.24. The van der Waals surface area contributed by atoms with Crippen molar-refractivity contribution in [1.82, 2.24) is 24.9 Å². The molecule has 1 aliphatic heterocycles. The molecule has 2 aliphatic rings. The predicted molar refractivity (Wildman–Crippen MR) is 110 cm³/mol. The lowest BCUT2D eigenvalue weighted by molar-refractivity contribution is 0.0280. The summed E-state index contributed by atoms with van der Waals surface area (Å²) < 4.78 is 7.34. The number of anilines is 1. The third-order valence-corrected chi connectivity index (χ3v) is 5.78. The maximum absolute atomic E-state index is 12.3. The Bertz CT molecular complexity index is 852. The Morgan fingerprint density at radius 3 is 2.38 bits per heavy atom. The van der Waals surface area contributed by atoms with Gasteiger partial charge in [0.15, 0.2) is 0 Å². The Morgan fingerprint density at radius 2 is 1.86 bits per heavy atom. The highest BCUT2D eigenvalue weighted by Crippen LogP contribution is 2.39. The van der Waals surface area contributed by atoms with Crippen LogP contribution in [0.5, 0.6) is 0 Å². The Kier molecular flexibility index (Phi) is 4.96. The molecule has 2 fully saturated rings. The van der Waals surface area contributed by atoms with Gasteiger partial charge < -0.3 is 15.0 Å². The molecule has 3 heterocycles. The van der Waals surface area contributed by atoms with Gasteiger partial charge in [0.05, 0.1) is 11.9 Å². The minimum absolute atomic E-state index is 0.191. The van der Waals surface area contributed by atoms with E-state index in [-0.39, 0.29) is 6.09 Å². The number of likely N-dealkylation sites (tertiary alicyclic amines) is 1. The summed E-state index contributed by atoms with van der Waals surface area (Å²) in [6.07, 6.45) is 3.71. The van der Waals surface area contributed by atoms with E-state index < -0.39 is 5.60 Å². The van der Waals surface area contributed by atoms with Crippen LogP contribution in [0.4, 0.5) is 10.6 Å². The molecule has 1 saturated heterocycles. The summed E-state index contributed by atoms with van der Waals surface area (Å²) >= 11 is 0. The molecule has 1 saturated carbocycles. The van der Waals surface area contributed by atoms with Crippen molar-refractivity contribution in [1.29, 1.82) is 0 Å². The number of carbonyl (C=O) groups excluding carboxylic acids is 1. The Morgan fingerprint density at radius 1 is 1.17 bits per heavy atom.